The number of terminal acetylenes is 1. The van der Waals surface area contributed by atoms with Crippen molar-refractivity contribution in [3.63, 3.8) is 0 Å². The van der Waals surface area contributed by atoms with Gasteiger partial charge in [0.05, 0.1) is 29.9 Å². The molecule has 0 spiro atoms. The third kappa shape index (κ3) is 5.61. The minimum Gasteiger partial charge on any atom is -0.465 e. The molecule has 0 N–H and O–H groups in total. The second kappa shape index (κ2) is 11.4. The Morgan fingerprint density at radius 1 is 1.21 bits per heavy atom. The van der Waals surface area contributed by atoms with Gasteiger partial charge < -0.3 is 14.4 Å². The molecule has 0 aliphatic heterocycles. The average molecular weight is 485 g/mol. The number of nitrogens with zero attached hydrogens (tertiary/aromatic N) is 2. The summed E-state index contributed by atoms with van der Waals surface area (Å²) in [5, 5.41) is -0.155. The molecule has 0 atom stereocenters. The number of rotatable bonds is 7. The zero-order chi connectivity index (χ0) is 24.7. The number of ether oxygens (including phenoxy) is 2. The molecule has 1 amide bonds. The van der Waals surface area contributed by atoms with Gasteiger partial charge >= 0.3 is 11.9 Å². The highest BCUT2D eigenvalue weighted by atomic mass is 35.5. The molecule has 1 aliphatic carbocycles. The number of benzene rings is 1. The van der Waals surface area contributed by atoms with Gasteiger partial charge in [0, 0.05) is 23.5 Å². The Balaban J connectivity index is 2.12. The van der Waals surface area contributed by atoms with Crippen molar-refractivity contribution >= 4 is 35.1 Å². The number of pyridine rings is 1. The minimum absolute atomic E-state index is 0.0674. The van der Waals surface area contributed by atoms with Crippen LogP contribution in [0.25, 0.3) is 0 Å². The van der Waals surface area contributed by atoms with E-state index in [1.165, 1.54) is 13.3 Å². The number of halogens is 2. The van der Waals surface area contributed by atoms with E-state index in [4.69, 9.17) is 27.5 Å². The van der Waals surface area contributed by atoms with E-state index in [2.05, 4.69) is 10.9 Å². The molecule has 0 radical (unpaired) electrons. The third-order valence-corrected chi connectivity index (χ3v) is 5.61. The zero-order valence-electron chi connectivity index (χ0n) is 18.5. The Morgan fingerprint density at radius 3 is 2.59 bits per heavy atom. The quantitative estimate of drug-likeness (QED) is 0.431. The molecule has 9 heteroatoms. The number of esters is 2. The molecule has 0 saturated heterocycles. The second-order valence-electron chi connectivity index (χ2n) is 7.47. The molecule has 34 heavy (non-hydrogen) atoms. The third-order valence-electron chi connectivity index (χ3n) is 5.30. The van der Waals surface area contributed by atoms with Crippen molar-refractivity contribution in [3.05, 3.63) is 69.8 Å². The van der Waals surface area contributed by atoms with Crippen LogP contribution in [-0.4, -0.2) is 36.5 Å². The fourth-order valence-electron chi connectivity index (χ4n) is 3.68. The molecule has 0 bridgehead atoms. The van der Waals surface area contributed by atoms with Gasteiger partial charge in [0.2, 0.25) is 0 Å². The van der Waals surface area contributed by atoms with Crippen molar-refractivity contribution in [1.82, 2.24) is 4.98 Å². The summed E-state index contributed by atoms with van der Waals surface area (Å²) in [6.07, 6.45) is 10.3. The van der Waals surface area contributed by atoms with Crippen molar-refractivity contribution in [2.45, 2.75) is 32.2 Å². The van der Waals surface area contributed by atoms with Crippen LogP contribution in [0.5, 0.6) is 0 Å². The molecule has 1 heterocycles. The van der Waals surface area contributed by atoms with E-state index in [9.17, 15) is 14.4 Å². The van der Waals surface area contributed by atoms with Crippen LogP contribution in [-0.2, 0) is 25.6 Å². The number of methoxy groups -OCH3 is 1. The number of hydrogen-bond donors (Lipinski definition) is 0. The summed E-state index contributed by atoms with van der Waals surface area (Å²) in [5.74, 6) is -0.636. The molecular weight excluding hydrogens is 463 g/mol. The maximum absolute atomic E-state index is 15.1. The van der Waals surface area contributed by atoms with Crippen LogP contribution in [0, 0.1) is 18.2 Å². The maximum Gasteiger partial charge on any atom is 0.339 e. The summed E-state index contributed by atoms with van der Waals surface area (Å²) in [4.78, 5) is 43.7. The molecule has 1 aromatic carbocycles. The van der Waals surface area contributed by atoms with Gasteiger partial charge in [-0.1, -0.05) is 23.6 Å². The zero-order valence-corrected chi connectivity index (χ0v) is 19.2. The fraction of sp³-hybridized carbons (Fsp3) is 0.280. The molecule has 0 unspecified atom stereocenters. The number of aromatic nitrogens is 1. The van der Waals surface area contributed by atoms with E-state index in [0.717, 1.165) is 17.0 Å². The minimum atomic E-state index is -0.817. The van der Waals surface area contributed by atoms with Gasteiger partial charge in [-0.15, -0.1) is 6.42 Å². The van der Waals surface area contributed by atoms with Gasteiger partial charge in [0.15, 0.2) is 6.61 Å². The van der Waals surface area contributed by atoms with Gasteiger partial charge in [0.1, 0.15) is 5.82 Å². The van der Waals surface area contributed by atoms with Crippen molar-refractivity contribution in [3.8, 4) is 12.3 Å². The summed E-state index contributed by atoms with van der Waals surface area (Å²) in [6, 6.07) is 5.51. The first-order chi connectivity index (χ1) is 16.4. The Kier molecular flexibility index (Phi) is 8.39. The van der Waals surface area contributed by atoms with E-state index in [0.29, 0.717) is 31.2 Å². The molecule has 2 aromatic rings. The Labute approximate surface area is 201 Å². The molecule has 0 fully saturated rings. The second-order valence-corrected chi connectivity index (χ2v) is 7.88. The van der Waals surface area contributed by atoms with Crippen LogP contribution in [0.1, 0.15) is 41.6 Å². The maximum atomic E-state index is 15.1. The van der Waals surface area contributed by atoms with Gasteiger partial charge in [0.25, 0.3) is 5.91 Å². The first-order valence-corrected chi connectivity index (χ1v) is 10.9. The lowest BCUT2D eigenvalue weighted by Gasteiger charge is -2.28. The van der Waals surface area contributed by atoms with Crippen molar-refractivity contribution < 1.29 is 28.2 Å². The SMILES string of the molecule is C#CCOC(=O)C1=C(C(=O)N(Cc2cccnc2)c2cc(C(=O)OC)c(Cl)cc2F)CCCC1. The normalized spacial score (nSPS) is 13.1. The van der Waals surface area contributed by atoms with Gasteiger partial charge in [-0.05, 0) is 49.4 Å². The number of carbonyl (C=O) groups is 3. The predicted octanol–water partition coefficient (Wildman–Crippen LogP) is 4.24. The topological polar surface area (TPSA) is 85.8 Å². The number of hydrogen-bond acceptors (Lipinski definition) is 6. The van der Waals surface area contributed by atoms with Gasteiger partial charge in [-0.25, -0.2) is 14.0 Å². The first-order valence-electron chi connectivity index (χ1n) is 10.5. The molecule has 7 nitrogen and oxygen atoms in total. The summed E-state index contributed by atoms with van der Waals surface area (Å²) in [5.41, 5.74) is 0.748. The predicted molar refractivity (Wildman–Crippen MR) is 123 cm³/mol. The lowest BCUT2D eigenvalue weighted by atomic mass is 9.90. The van der Waals surface area contributed by atoms with Crippen molar-refractivity contribution in [2.24, 2.45) is 0 Å². The first kappa shape index (κ1) is 24.9. The molecular formula is C25H22ClFN2O5. The van der Waals surface area contributed by atoms with Crippen molar-refractivity contribution in [2.75, 3.05) is 18.6 Å². The highest BCUT2D eigenvalue weighted by Crippen LogP contribution is 2.33. The largest absolute Gasteiger partial charge is 0.465 e. The van der Waals surface area contributed by atoms with E-state index < -0.39 is 23.7 Å². The van der Waals surface area contributed by atoms with E-state index in [-0.39, 0.29) is 40.6 Å². The van der Waals surface area contributed by atoms with E-state index in [1.807, 2.05) is 0 Å². The summed E-state index contributed by atoms with van der Waals surface area (Å²) in [6.45, 7) is -0.292. The number of carbonyl (C=O) groups excluding carboxylic acids is 3. The smallest absolute Gasteiger partial charge is 0.339 e. The summed E-state index contributed by atoms with van der Waals surface area (Å²) in [7, 11) is 1.17. The van der Waals surface area contributed by atoms with Gasteiger partial charge in [-0.3, -0.25) is 9.78 Å². The highest BCUT2D eigenvalue weighted by Gasteiger charge is 2.31. The van der Waals surface area contributed by atoms with Crippen molar-refractivity contribution in [1.29, 1.82) is 0 Å². The van der Waals surface area contributed by atoms with E-state index in [1.54, 1.807) is 18.3 Å². The van der Waals surface area contributed by atoms with Crippen LogP contribution in [0.15, 0.2) is 47.8 Å². The Bertz CT molecular complexity index is 1170. The Hall–Kier alpha value is -3.70. The number of amides is 1. The molecule has 1 aromatic heterocycles. The van der Waals surface area contributed by atoms with Crippen LogP contribution >= 0.6 is 11.6 Å². The molecule has 3 rings (SSSR count). The lowest BCUT2D eigenvalue weighted by Crippen LogP contribution is -2.35. The average Bonchev–Trinajstić information content (AvgIpc) is 2.86. The molecule has 1 aliphatic rings. The standard InChI is InChI=1S/C25H22ClFN2O5/c1-3-11-34-25(32)18-9-5-4-8-17(18)23(30)29(15-16-7-6-10-28-14-16)22-12-19(24(31)33-2)20(26)13-21(22)27/h1,6-7,10,12-14H,4-5,8-9,11,15H2,2H3. The van der Waals surface area contributed by atoms with E-state index >= 15 is 4.39 Å². The van der Waals surface area contributed by atoms with Crippen LogP contribution in [0.3, 0.4) is 0 Å². The summed E-state index contributed by atoms with van der Waals surface area (Å²) < 4.78 is 24.9. The van der Waals surface area contributed by atoms with Crippen LogP contribution in [0.2, 0.25) is 5.02 Å². The Morgan fingerprint density at radius 2 is 1.94 bits per heavy atom. The number of anilines is 1. The van der Waals surface area contributed by atoms with Gasteiger partial charge in [-0.2, -0.15) is 0 Å². The summed E-state index contributed by atoms with van der Waals surface area (Å²) >= 11 is 6.04. The molecule has 0 saturated carbocycles. The van der Waals surface area contributed by atoms with Crippen LogP contribution < -0.4 is 4.90 Å². The van der Waals surface area contributed by atoms with Crippen LogP contribution in [0.4, 0.5) is 10.1 Å². The molecule has 176 valence electrons. The monoisotopic (exact) mass is 484 g/mol. The lowest BCUT2D eigenvalue weighted by molar-refractivity contribution is -0.138. The highest BCUT2D eigenvalue weighted by molar-refractivity contribution is 6.33. The fourth-order valence-corrected chi connectivity index (χ4v) is 3.90.